The van der Waals surface area contributed by atoms with E-state index in [9.17, 15) is 53.3 Å². The Bertz CT molecular complexity index is 4040. The number of sulfonamides is 2. The minimum atomic E-state index is -5.38. The SMILES string of the molecule is Cc1cc(C)c(Nc2nc(N(c3c(C)cc(C)cc3C)S(C)(=O)=O)c(C#N)c(C)c2N=Nc2c(C#N)c(C(C)(C)C)nn2-c2nc3ccc(S(=O)(=O)Nc4cc(S(=O)(=O)[O-])ccc4S(=O)(=O)[O-])cc3s2)c(C)c1.[Na+].[Na+]. The molecule has 0 bridgehead atoms. The number of rotatable bonds is 13. The van der Waals surface area contributed by atoms with Crippen LogP contribution in [0, 0.1) is 71.1 Å². The fraction of sp³-hybridized carbons (Fsp3) is 0.255. The minimum Gasteiger partial charge on any atom is -0.744 e. The fourth-order valence-electron chi connectivity index (χ4n) is 8.26. The molecular weight excluding hydrogens is 1080 g/mol. The molecule has 0 saturated carbocycles. The van der Waals surface area contributed by atoms with Crippen LogP contribution in [-0.4, -0.2) is 68.8 Å². The predicted octanol–water partition coefficient (Wildman–Crippen LogP) is 2.95. The molecule has 7 rings (SSSR count). The molecule has 4 aromatic carbocycles. The second-order valence-electron chi connectivity index (χ2n) is 18.2. The summed E-state index contributed by atoms with van der Waals surface area (Å²) in [4.78, 5) is 6.89. The quantitative estimate of drug-likeness (QED) is 0.0952. The van der Waals surface area contributed by atoms with Gasteiger partial charge < -0.3 is 14.4 Å². The van der Waals surface area contributed by atoms with Crippen molar-refractivity contribution in [3.05, 3.63) is 116 Å². The number of aryl methyl sites for hydroxylation is 6. The summed E-state index contributed by atoms with van der Waals surface area (Å²) in [5.41, 5.74) is 4.34. The zero-order valence-corrected chi connectivity index (χ0v) is 51.0. The monoisotopic (exact) mass is 1130 g/mol. The second kappa shape index (κ2) is 22.1. The van der Waals surface area contributed by atoms with Crippen molar-refractivity contribution in [3.63, 3.8) is 0 Å². The van der Waals surface area contributed by atoms with E-state index in [0.29, 0.717) is 40.7 Å². The summed E-state index contributed by atoms with van der Waals surface area (Å²) in [5, 5.41) is 39.0. The molecule has 0 fully saturated rings. The van der Waals surface area contributed by atoms with Crippen LogP contribution in [-0.2, 0) is 45.7 Å². The molecule has 0 aliphatic carbocycles. The molecule has 0 amide bonds. The first-order valence-corrected chi connectivity index (χ1v) is 28.5. The molecule has 0 atom stereocenters. The van der Waals surface area contributed by atoms with Crippen LogP contribution >= 0.6 is 11.3 Å². The molecule has 3 heterocycles. The standard InChI is InChI=1S/C47H47N11O10S5.2Na/c1-24-16-26(3)39(27(4)17-24)51-43-40(30(7)33(22-48)44(52-43)58(70(11,59)60)41-28(5)18-25(2)19-29(41)6)53-54-45-34(23-49)42(47(8,9)10)55-57(45)46-50-35-14-12-31(21-37(35)69-46)71(61,62)56-36-20-32(72(63,64)65)13-15-38(36)73(66,67)68;;/h12-21,56H,1-11H3,(H,51,52)(H,63,64,65)(H,66,67,68);;/q;2*+1/p-2. The number of aromatic nitrogens is 4. The van der Waals surface area contributed by atoms with Gasteiger partial charge in [0.25, 0.3) is 10.0 Å². The molecule has 0 unspecified atom stereocenters. The average Bonchev–Trinajstić information content (AvgIpc) is 3.86. The zero-order valence-electron chi connectivity index (χ0n) is 42.9. The number of benzene rings is 4. The molecule has 28 heteroatoms. The number of nitriles is 2. The van der Waals surface area contributed by atoms with Crippen LogP contribution < -0.4 is 73.5 Å². The van der Waals surface area contributed by atoms with E-state index in [2.05, 4.69) is 32.7 Å². The van der Waals surface area contributed by atoms with E-state index in [-0.39, 0.29) is 120 Å². The van der Waals surface area contributed by atoms with Gasteiger partial charge in [-0.3, -0.25) is 4.72 Å². The predicted molar refractivity (Wildman–Crippen MR) is 273 cm³/mol. The van der Waals surface area contributed by atoms with Crippen molar-refractivity contribution in [3.8, 4) is 17.3 Å². The Labute approximate surface area is 483 Å². The van der Waals surface area contributed by atoms with Gasteiger partial charge in [-0.05, 0) is 107 Å². The summed E-state index contributed by atoms with van der Waals surface area (Å²) in [5.74, 6) is -0.337. The van der Waals surface area contributed by atoms with Crippen LogP contribution in [0.2, 0.25) is 0 Å². The molecular formula is C47H45N11Na2O10S5. The van der Waals surface area contributed by atoms with Crippen LogP contribution in [0.25, 0.3) is 15.3 Å². The molecule has 75 heavy (non-hydrogen) atoms. The van der Waals surface area contributed by atoms with Crippen LogP contribution in [0.1, 0.15) is 76.5 Å². The Kier molecular flexibility index (Phi) is 17.8. The molecule has 380 valence electrons. The van der Waals surface area contributed by atoms with Gasteiger partial charge in [-0.25, -0.2) is 47.9 Å². The molecule has 2 N–H and O–H groups in total. The third kappa shape index (κ3) is 12.5. The largest absolute Gasteiger partial charge is 1.00 e. The molecule has 0 aliphatic rings. The summed E-state index contributed by atoms with van der Waals surface area (Å²) < 4.78 is 131. The van der Waals surface area contributed by atoms with Gasteiger partial charge in [0.1, 0.15) is 49.2 Å². The number of thiazole rings is 1. The number of nitrogens with zero attached hydrogens (tertiary/aromatic N) is 9. The van der Waals surface area contributed by atoms with Crippen molar-refractivity contribution in [2.24, 2.45) is 10.2 Å². The Morgan fingerprint density at radius 1 is 0.720 bits per heavy atom. The van der Waals surface area contributed by atoms with E-state index >= 15 is 0 Å². The van der Waals surface area contributed by atoms with Crippen molar-refractivity contribution < 1.29 is 102 Å². The van der Waals surface area contributed by atoms with Gasteiger partial charge in [0.2, 0.25) is 15.2 Å². The van der Waals surface area contributed by atoms with E-state index < -0.39 is 66.1 Å². The molecule has 0 spiro atoms. The van der Waals surface area contributed by atoms with Crippen LogP contribution in [0.3, 0.4) is 0 Å². The van der Waals surface area contributed by atoms with Gasteiger partial charge in [-0.1, -0.05) is 67.5 Å². The maximum Gasteiger partial charge on any atom is 1.00 e. The van der Waals surface area contributed by atoms with Crippen molar-refractivity contribution in [2.75, 3.05) is 20.6 Å². The first-order chi connectivity index (χ1) is 33.7. The van der Waals surface area contributed by atoms with Crippen LogP contribution in [0.15, 0.2) is 85.6 Å². The Hall–Kier alpha value is -5.17. The summed E-state index contributed by atoms with van der Waals surface area (Å²) >= 11 is 0.895. The summed E-state index contributed by atoms with van der Waals surface area (Å²) in [6.07, 6.45) is 1.02. The van der Waals surface area contributed by atoms with Gasteiger partial charge >= 0.3 is 59.1 Å². The first-order valence-electron chi connectivity index (χ1n) is 21.6. The van der Waals surface area contributed by atoms with Crippen molar-refractivity contribution in [1.29, 1.82) is 10.5 Å². The summed E-state index contributed by atoms with van der Waals surface area (Å²) in [6.45, 7) is 18.1. The van der Waals surface area contributed by atoms with E-state index in [1.54, 1.807) is 41.5 Å². The van der Waals surface area contributed by atoms with E-state index in [1.807, 2.05) is 56.7 Å². The van der Waals surface area contributed by atoms with E-state index in [1.165, 1.54) is 10.7 Å². The number of nitrogens with one attached hydrogen (secondary N) is 2. The van der Waals surface area contributed by atoms with Crippen LogP contribution in [0.4, 0.5) is 40.2 Å². The second-order valence-corrected chi connectivity index (χ2v) is 25.5. The van der Waals surface area contributed by atoms with Crippen molar-refractivity contribution >= 4 is 102 Å². The average molecular weight is 1130 g/mol. The summed E-state index contributed by atoms with van der Waals surface area (Å²) in [7, 11) is -19.6. The normalized spacial score (nSPS) is 12.2. The number of hydrogen-bond donors (Lipinski definition) is 2. The number of anilines is 5. The van der Waals surface area contributed by atoms with Crippen molar-refractivity contribution in [1.82, 2.24) is 19.7 Å². The fourth-order valence-corrected chi connectivity index (χ4v) is 12.6. The Morgan fingerprint density at radius 2 is 1.28 bits per heavy atom. The van der Waals surface area contributed by atoms with Gasteiger partial charge in [-0.15, -0.1) is 10.2 Å². The molecule has 7 aromatic rings. The number of pyridine rings is 1. The van der Waals surface area contributed by atoms with Gasteiger partial charge in [0, 0.05) is 16.7 Å². The minimum absolute atomic E-state index is 0. The van der Waals surface area contributed by atoms with Gasteiger partial charge in [0.15, 0.2) is 17.5 Å². The maximum absolute atomic E-state index is 13.9. The molecule has 3 aromatic heterocycles. The number of hydrogen-bond acceptors (Lipinski definition) is 19. The molecule has 0 aliphatic heterocycles. The third-order valence-corrected chi connectivity index (χ3v) is 16.4. The molecule has 0 saturated heterocycles. The zero-order chi connectivity index (χ0) is 54.1. The Morgan fingerprint density at radius 3 is 1.80 bits per heavy atom. The smallest absolute Gasteiger partial charge is 0.744 e. The third-order valence-electron chi connectivity index (χ3n) is 11.3. The molecule has 21 nitrogen and oxygen atoms in total. The van der Waals surface area contributed by atoms with Gasteiger partial charge in [-0.2, -0.15) is 20.3 Å². The van der Waals surface area contributed by atoms with E-state index in [0.717, 1.165) is 56.3 Å². The van der Waals surface area contributed by atoms with Crippen LogP contribution in [0.5, 0.6) is 0 Å². The van der Waals surface area contributed by atoms with E-state index in [4.69, 9.17) is 10.1 Å². The Balaban J connectivity index is 0.00000520. The topological polar surface area (TPSA) is 326 Å². The number of azo groups is 1. The maximum atomic E-state index is 13.9. The van der Waals surface area contributed by atoms with Crippen molar-refractivity contribution in [2.45, 2.75) is 89.3 Å². The molecule has 0 radical (unpaired) electrons. The first kappa shape index (κ1) is 60.7. The van der Waals surface area contributed by atoms with Gasteiger partial charge in [0.05, 0.1) is 48.2 Å². The number of fused-ring (bicyclic) bond motifs is 1. The summed E-state index contributed by atoms with van der Waals surface area (Å²) in [6, 6.07) is 16.9.